The van der Waals surface area contributed by atoms with E-state index in [2.05, 4.69) is 32.4 Å². The summed E-state index contributed by atoms with van der Waals surface area (Å²) in [6.07, 6.45) is 7.00. The van der Waals surface area contributed by atoms with Crippen LogP contribution in [0.2, 0.25) is 0 Å². The molecule has 3 rings (SSSR count). The Morgan fingerprint density at radius 1 is 1.39 bits per heavy atom. The molecule has 0 spiro atoms. The standard InChI is InChI=1S/C12H18N6/c1-7(8-4-2-3-5-8)15-10-9-6-14-18-11(9)17-12(13)16-10/h6-8H,2-5H2,1H3,(H4,13,14,15,16,17,18). The van der Waals surface area contributed by atoms with Gasteiger partial charge in [-0.15, -0.1) is 0 Å². The van der Waals surface area contributed by atoms with Gasteiger partial charge in [-0.05, 0) is 25.7 Å². The van der Waals surface area contributed by atoms with Crippen molar-refractivity contribution in [1.29, 1.82) is 0 Å². The largest absolute Gasteiger partial charge is 0.368 e. The van der Waals surface area contributed by atoms with Crippen molar-refractivity contribution in [2.24, 2.45) is 5.92 Å². The molecule has 96 valence electrons. The second-order valence-electron chi connectivity index (χ2n) is 5.04. The molecule has 0 bridgehead atoms. The van der Waals surface area contributed by atoms with E-state index >= 15 is 0 Å². The average molecular weight is 246 g/mol. The fourth-order valence-corrected chi connectivity index (χ4v) is 2.75. The van der Waals surface area contributed by atoms with Crippen LogP contribution in [0, 0.1) is 5.92 Å². The van der Waals surface area contributed by atoms with Crippen molar-refractivity contribution in [3.63, 3.8) is 0 Å². The molecule has 2 aromatic rings. The normalized spacial score (nSPS) is 18.3. The maximum absolute atomic E-state index is 5.70. The lowest BCUT2D eigenvalue weighted by molar-refractivity contribution is 0.481. The summed E-state index contributed by atoms with van der Waals surface area (Å²) in [5, 5.41) is 11.2. The molecule has 2 heterocycles. The topological polar surface area (TPSA) is 92.5 Å². The second-order valence-corrected chi connectivity index (χ2v) is 5.04. The molecule has 0 radical (unpaired) electrons. The molecule has 1 aliphatic rings. The van der Waals surface area contributed by atoms with Crippen LogP contribution in [0.1, 0.15) is 32.6 Å². The first-order chi connectivity index (χ1) is 8.74. The van der Waals surface area contributed by atoms with Crippen LogP contribution in [0.5, 0.6) is 0 Å². The first-order valence-electron chi connectivity index (χ1n) is 6.47. The molecule has 1 aliphatic carbocycles. The van der Waals surface area contributed by atoms with Crippen molar-refractivity contribution >= 4 is 22.8 Å². The molecule has 1 atom stereocenters. The Morgan fingerprint density at radius 2 is 2.17 bits per heavy atom. The van der Waals surface area contributed by atoms with E-state index in [1.54, 1.807) is 6.20 Å². The first kappa shape index (κ1) is 11.3. The van der Waals surface area contributed by atoms with E-state index in [0.717, 1.165) is 17.1 Å². The zero-order valence-corrected chi connectivity index (χ0v) is 10.5. The fourth-order valence-electron chi connectivity index (χ4n) is 2.75. The third-order valence-corrected chi connectivity index (χ3v) is 3.80. The summed E-state index contributed by atoms with van der Waals surface area (Å²) >= 11 is 0. The summed E-state index contributed by atoms with van der Waals surface area (Å²) in [5.74, 6) is 1.78. The molecule has 1 saturated carbocycles. The number of nitrogens with two attached hydrogens (primary N) is 1. The van der Waals surface area contributed by atoms with Gasteiger partial charge in [0.05, 0.1) is 11.6 Å². The molecule has 1 unspecified atom stereocenters. The summed E-state index contributed by atoms with van der Waals surface area (Å²) in [6, 6.07) is 0.403. The number of rotatable bonds is 3. The van der Waals surface area contributed by atoms with E-state index in [-0.39, 0.29) is 5.95 Å². The van der Waals surface area contributed by atoms with Crippen molar-refractivity contribution < 1.29 is 0 Å². The van der Waals surface area contributed by atoms with E-state index in [9.17, 15) is 0 Å². The van der Waals surface area contributed by atoms with Crippen LogP contribution in [0.3, 0.4) is 0 Å². The Bertz CT molecular complexity index is 542. The molecule has 1 fully saturated rings. The molecule has 2 aromatic heterocycles. The van der Waals surface area contributed by atoms with Crippen LogP contribution in [0.15, 0.2) is 6.20 Å². The van der Waals surface area contributed by atoms with Crippen LogP contribution >= 0.6 is 0 Å². The maximum Gasteiger partial charge on any atom is 0.224 e. The summed E-state index contributed by atoms with van der Waals surface area (Å²) < 4.78 is 0. The number of nitrogens with zero attached hydrogens (tertiary/aromatic N) is 3. The smallest absolute Gasteiger partial charge is 0.224 e. The van der Waals surface area contributed by atoms with E-state index in [1.807, 2.05) is 0 Å². The number of nitrogens with one attached hydrogen (secondary N) is 2. The minimum atomic E-state index is 0.271. The maximum atomic E-state index is 5.70. The number of nitrogen functional groups attached to an aromatic ring is 1. The molecule has 4 N–H and O–H groups in total. The van der Waals surface area contributed by atoms with E-state index in [4.69, 9.17) is 5.73 Å². The molecule has 0 aliphatic heterocycles. The van der Waals surface area contributed by atoms with E-state index < -0.39 is 0 Å². The lowest BCUT2D eigenvalue weighted by Gasteiger charge is -2.21. The number of H-pyrrole nitrogens is 1. The molecular weight excluding hydrogens is 228 g/mol. The predicted molar refractivity (Wildman–Crippen MR) is 71.1 cm³/mol. The Kier molecular flexibility index (Phi) is 2.77. The highest BCUT2D eigenvalue weighted by Crippen LogP contribution is 2.30. The first-order valence-corrected chi connectivity index (χ1v) is 6.47. The third kappa shape index (κ3) is 1.98. The van der Waals surface area contributed by atoms with Crippen molar-refractivity contribution in [3.05, 3.63) is 6.20 Å². The highest BCUT2D eigenvalue weighted by Gasteiger charge is 2.22. The Morgan fingerprint density at radius 3 is 2.94 bits per heavy atom. The van der Waals surface area contributed by atoms with Gasteiger partial charge in [-0.1, -0.05) is 12.8 Å². The van der Waals surface area contributed by atoms with Crippen molar-refractivity contribution in [2.75, 3.05) is 11.1 Å². The number of hydrogen-bond acceptors (Lipinski definition) is 5. The Labute approximate surface area is 105 Å². The molecular formula is C12H18N6. The van der Waals surface area contributed by atoms with Crippen LogP contribution in [0.4, 0.5) is 11.8 Å². The average Bonchev–Trinajstić information content (AvgIpc) is 2.98. The Balaban J connectivity index is 1.86. The van der Waals surface area contributed by atoms with Gasteiger partial charge in [-0.2, -0.15) is 15.1 Å². The number of fused-ring (bicyclic) bond motifs is 1. The van der Waals surface area contributed by atoms with Gasteiger partial charge in [0.2, 0.25) is 5.95 Å². The lowest BCUT2D eigenvalue weighted by atomic mass is 10.00. The van der Waals surface area contributed by atoms with Gasteiger partial charge in [0.1, 0.15) is 5.82 Å². The van der Waals surface area contributed by atoms with Gasteiger partial charge in [-0.25, -0.2) is 0 Å². The van der Waals surface area contributed by atoms with Crippen LogP contribution in [-0.4, -0.2) is 26.2 Å². The zero-order valence-electron chi connectivity index (χ0n) is 10.5. The van der Waals surface area contributed by atoms with Gasteiger partial charge in [0.25, 0.3) is 0 Å². The summed E-state index contributed by atoms with van der Waals surface area (Å²) in [4.78, 5) is 8.39. The quantitative estimate of drug-likeness (QED) is 0.769. The minimum Gasteiger partial charge on any atom is -0.368 e. The lowest BCUT2D eigenvalue weighted by Crippen LogP contribution is -2.24. The minimum absolute atomic E-state index is 0.271. The molecule has 0 aromatic carbocycles. The van der Waals surface area contributed by atoms with Gasteiger partial charge < -0.3 is 11.1 Å². The van der Waals surface area contributed by atoms with Crippen molar-refractivity contribution in [1.82, 2.24) is 20.2 Å². The second kappa shape index (κ2) is 4.44. The zero-order chi connectivity index (χ0) is 12.5. The fraction of sp³-hybridized carbons (Fsp3) is 0.583. The monoisotopic (exact) mass is 246 g/mol. The van der Waals surface area contributed by atoms with Gasteiger partial charge in [0.15, 0.2) is 5.65 Å². The molecule has 0 amide bonds. The molecule has 18 heavy (non-hydrogen) atoms. The predicted octanol–water partition coefficient (Wildman–Crippen LogP) is 1.93. The van der Waals surface area contributed by atoms with Crippen molar-refractivity contribution in [2.45, 2.75) is 38.6 Å². The van der Waals surface area contributed by atoms with Crippen molar-refractivity contribution in [3.8, 4) is 0 Å². The highest BCUT2D eigenvalue weighted by molar-refractivity contribution is 5.86. The number of aromatic nitrogens is 4. The number of aromatic amines is 1. The van der Waals surface area contributed by atoms with Gasteiger partial charge in [0, 0.05) is 6.04 Å². The van der Waals surface area contributed by atoms with E-state index in [1.165, 1.54) is 25.7 Å². The van der Waals surface area contributed by atoms with Gasteiger partial charge >= 0.3 is 0 Å². The summed E-state index contributed by atoms with van der Waals surface area (Å²) in [5.41, 5.74) is 6.39. The Hall–Kier alpha value is -1.85. The van der Waals surface area contributed by atoms with Crippen LogP contribution < -0.4 is 11.1 Å². The van der Waals surface area contributed by atoms with Gasteiger partial charge in [-0.3, -0.25) is 5.10 Å². The number of hydrogen-bond donors (Lipinski definition) is 3. The number of anilines is 2. The SMILES string of the molecule is CC(Nc1nc(N)nc2[nH]ncc12)C1CCCC1. The molecule has 0 saturated heterocycles. The summed E-state index contributed by atoms with van der Waals surface area (Å²) in [6.45, 7) is 2.21. The van der Waals surface area contributed by atoms with Crippen LogP contribution in [0.25, 0.3) is 11.0 Å². The highest BCUT2D eigenvalue weighted by atomic mass is 15.2. The van der Waals surface area contributed by atoms with E-state index in [0.29, 0.717) is 11.7 Å². The molecule has 6 nitrogen and oxygen atoms in total. The van der Waals surface area contributed by atoms with Crippen LogP contribution in [-0.2, 0) is 0 Å². The third-order valence-electron chi connectivity index (χ3n) is 3.80. The molecule has 6 heteroatoms. The summed E-state index contributed by atoms with van der Waals surface area (Å²) in [7, 11) is 0.